The summed E-state index contributed by atoms with van der Waals surface area (Å²) in [7, 11) is 4.02. The molecule has 0 spiro atoms. The lowest BCUT2D eigenvalue weighted by Crippen LogP contribution is -2.63. The van der Waals surface area contributed by atoms with Gasteiger partial charge < -0.3 is 25.4 Å². The molecule has 1 saturated heterocycles. The molecular formula is C14H25N3O4. The van der Waals surface area contributed by atoms with Gasteiger partial charge in [0.2, 0.25) is 0 Å². The normalized spacial score (nSPS) is 23.2. The molecular weight excluding hydrogens is 274 g/mol. The zero-order chi connectivity index (χ0) is 15.5. The number of carboxylic acids is 1. The molecule has 7 nitrogen and oxygen atoms in total. The van der Waals surface area contributed by atoms with Crippen molar-refractivity contribution < 1.29 is 19.4 Å². The van der Waals surface area contributed by atoms with Gasteiger partial charge in [0.25, 0.3) is 0 Å². The van der Waals surface area contributed by atoms with Gasteiger partial charge in [-0.25, -0.2) is 9.59 Å². The van der Waals surface area contributed by atoms with E-state index in [1.165, 1.54) is 0 Å². The highest BCUT2D eigenvalue weighted by atomic mass is 16.5. The maximum Gasteiger partial charge on any atom is 0.329 e. The predicted octanol–water partition coefficient (Wildman–Crippen LogP) is 0.404. The second-order valence-corrected chi connectivity index (χ2v) is 6.28. The van der Waals surface area contributed by atoms with Gasteiger partial charge in [-0.05, 0) is 33.4 Å². The number of carbonyl (C=O) groups is 2. The monoisotopic (exact) mass is 299 g/mol. The number of carboxylic acid groups (broad SMARTS) is 1. The van der Waals surface area contributed by atoms with Crippen LogP contribution in [0.15, 0.2) is 0 Å². The van der Waals surface area contributed by atoms with Crippen molar-refractivity contribution >= 4 is 12.0 Å². The van der Waals surface area contributed by atoms with Crippen molar-refractivity contribution in [1.82, 2.24) is 15.5 Å². The summed E-state index contributed by atoms with van der Waals surface area (Å²) in [5.41, 5.74) is -1.18. The van der Waals surface area contributed by atoms with Crippen LogP contribution in [0.1, 0.15) is 32.1 Å². The molecule has 1 aliphatic heterocycles. The van der Waals surface area contributed by atoms with Crippen LogP contribution >= 0.6 is 0 Å². The van der Waals surface area contributed by atoms with E-state index in [0.717, 1.165) is 19.3 Å². The first-order valence-corrected chi connectivity index (χ1v) is 7.45. The molecule has 0 unspecified atom stereocenters. The zero-order valence-electron chi connectivity index (χ0n) is 12.8. The van der Waals surface area contributed by atoms with E-state index in [4.69, 9.17) is 4.74 Å². The van der Waals surface area contributed by atoms with Gasteiger partial charge in [-0.1, -0.05) is 0 Å². The Balaban J connectivity index is 1.89. The van der Waals surface area contributed by atoms with Crippen LogP contribution in [0, 0.1) is 0 Å². The maximum atomic E-state index is 12.1. The van der Waals surface area contributed by atoms with Gasteiger partial charge in [0, 0.05) is 38.1 Å². The van der Waals surface area contributed by atoms with Crippen molar-refractivity contribution in [3.05, 3.63) is 0 Å². The average molecular weight is 299 g/mol. The van der Waals surface area contributed by atoms with Gasteiger partial charge in [-0.2, -0.15) is 0 Å². The molecule has 0 aromatic carbocycles. The third-order valence-electron chi connectivity index (χ3n) is 4.92. The summed E-state index contributed by atoms with van der Waals surface area (Å²) < 4.78 is 5.19. The van der Waals surface area contributed by atoms with Crippen LogP contribution in [-0.2, 0) is 9.53 Å². The molecule has 1 heterocycles. The fraction of sp³-hybridized carbons (Fsp3) is 0.857. The minimum atomic E-state index is -1.20. The Morgan fingerprint density at radius 2 is 1.81 bits per heavy atom. The minimum Gasteiger partial charge on any atom is -0.480 e. The number of likely N-dealkylation sites (N-methyl/N-ethyl adjacent to an activating group) is 1. The zero-order valence-corrected chi connectivity index (χ0v) is 12.8. The largest absolute Gasteiger partial charge is 0.480 e. The first kappa shape index (κ1) is 16.0. The highest BCUT2D eigenvalue weighted by Gasteiger charge is 2.43. The number of nitrogens with one attached hydrogen (secondary N) is 2. The van der Waals surface area contributed by atoms with E-state index in [0.29, 0.717) is 32.6 Å². The molecule has 21 heavy (non-hydrogen) atoms. The Hall–Kier alpha value is -1.34. The fourth-order valence-electron chi connectivity index (χ4n) is 2.99. The number of rotatable bonds is 5. The van der Waals surface area contributed by atoms with Crippen LogP contribution in [0.4, 0.5) is 4.79 Å². The van der Waals surface area contributed by atoms with Crippen molar-refractivity contribution in [2.75, 3.05) is 33.9 Å². The number of aliphatic carboxylic acids is 1. The summed E-state index contributed by atoms with van der Waals surface area (Å²) in [5, 5.41) is 14.9. The summed E-state index contributed by atoms with van der Waals surface area (Å²) in [5.74, 6) is -0.994. The molecule has 2 fully saturated rings. The average Bonchev–Trinajstić information content (AvgIpc) is 2.37. The number of carbonyl (C=O) groups excluding carboxylic acids is 1. The standard InChI is InChI=1S/C14H25N3O4/c1-17(2)13(4-3-5-13)10-15-12(20)16-14(11(18)19)6-8-21-9-7-14/h3-10H2,1-2H3,(H,18,19)(H2,15,16,20). The Kier molecular flexibility index (Phi) is 4.73. The molecule has 2 amide bonds. The molecule has 0 atom stereocenters. The Bertz CT molecular complexity index is 401. The summed E-state index contributed by atoms with van der Waals surface area (Å²) in [6.45, 7) is 1.25. The number of hydrogen-bond donors (Lipinski definition) is 3. The highest BCUT2D eigenvalue weighted by molar-refractivity contribution is 5.86. The smallest absolute Gasteiger partial charge is 0.329 e. The van der Waals surface area contributed by atoms with Crippen molar-refractivity contribution in [1.29, 1.82) is 0 Å². The molecule has 0 radical (unpaired) electrons. The van der Waals surface area contributed by atoms with Crippen molar-refractivity contribution in [2.24, 2.45) is 0 Å². The van der Waals surface area contributed by atoms with Gasteiger partial charge in [0.1, 0.15) is 5.54 Å². The maximum absolute atomic E-state index is 12.1. The molecule has 0 aromatic rings. The van der Waals surface area contributed by atoms with E-state index in [9.17, 15) is 14.7 Å². The van der Waals surface area contributed by atoms with Crippen LogP contribution in [0.3, 0.4) is 0 Å². The molecule has 2 rings (SSSR count). The van der Waals surface area contributed by atoms with Crippen LogP contribution in [0.2, 0.25) is 0 Å². The van der Waals surface area contributed by atoms with E-state index >= 15 is 0 Å². The lowest BCUT2D eigenvalue weighted by Gasteiger charge is -2.47. The molecule has 3 N–H and O–H groups in total. The number of amides is 2. The Morgan fingerprint density at radius 3 is 2.24 bits per heavy atom. The minimum absolute atomic E-state index is 0.0173. The van der Waals surface area contributed by atoms with Crippen LogP contribution < -0.4 is 10.6 Å². The number of nitrogens with zero attached hydrogens (tertiary/aromatic N) is 1. The summed E-state index contributed by atoms with van der Waals surface area (Å²) >= 11 is 0. The molecule has 1 aliphatic carbocycles. The van der Waals surface area contributed by atoms with E-state index in [1.807, 2.05) is 14.1 Å². The molecule has 1 saturated carbocycles. The Morgan fingerprint density at radius 1 is 1.19 bits per heavy atom. The third kappa shape index (κ3) is 3.29. The van der Waals surface area contributed by atoms with Crippen molar-refractivity contribution in [3.8, 4) is 0 Å². The van der Waals surface area contributed by atoms with Gasteiger partial charge in [-0.15, -0.1) is 0 Å². The summed E-state index contributed by atoms with van der Waals surface area (Å²) in [4.78, 5) is 25.7. The topological polar surface area (TPSA) is 90.9 Å². The molecule has 2 aliphatic rings. The van der Waals surface area contributed by atoms with Gasteiger partial charge in [0.15, 0.2) is 0 Å². The molecule has 7 heteroatoms. The lowest BCUT2D eigenvalue weighted by molar-refractivity contribution is -0.148. The second kappa shape index (κ2) is 6.19. The Labute approximate surface area is 125 Å². The summed E-state index contributed by atoms with van der Waals surface area (Å²) in [6, 6.07) is -0.410. The predicted molar refractivity (Wildman–Crippen MR) is 77.2 cm³/mol. The van der Waals surface area contributed by atoms with Gasteiger partial charge >= 0.3 is 12.0 Å². The van der Waals surface area contributed by atoms with E-state index < -0.39 is 17.5 Å². The fourth-order valence-corrected chi connectivity index (χ4v) is 2.99. The first-order valence-electron chi connectivity index (χ1n) is 7.45. The van der Waals surface area contributed by atoms with Crippen molar-refractivity contribution in [2.45, 2.75) is 43.2 Å². The molecule has 0 aromatic heterocycles. The third-order valence-corrected chi connectivity index (χ3v) is 4.92. The van der Waals surface area contributed by atoms with E-state index in [1.54, 1.807) is 0 Å². The van der Waals surface area contributed by atoms with Crippen LogP contribution in [0.25, 0.3) is 0 Å². The van der Waals surface area contributed by atoms with Gasteiger partial charge in [0.05, 0.1) is 0 Å². The second-order valence-electron chi connectivity index (χ2n) is 6.28. The lowest BCUT2D eigenvalue weighted by atomic mass is 9.75. The van der Waals surface area contributed by atoms with Crippen LogP contribution in [0.5, 0.6) is 0 Å². The number of urea groups is 1. The van der Waals surface area contributed by atoms with E-state index in [-0.39, 0.29) is 5.54 Å². The quantitative estimate of drug-likeness (QED) is 0.684. The molecule has 0 bridgehead atoms. The SMILES string of the molecule is CN(C)C1(CNC(=O)NC2(C(=O)O)CCOCC2)CCC1. The number of ether oxygens (including phenoxy) is 1. The highest BCUT2D eigenvalue weighted by Crippen LogP contribution is 2.35. The first-order chi connectivity index (χ1) is 9.90. The summed E-state index contributed by atoms with van der Waals surface area (Å²) in [6.07, 6.45) is 3.87. The van der Waals surface area contributed by atoms with Gasteiger partial charge in [-0.3, -0.25) is 0 Å². The molecule has 120 valence electrons. The van der Waals surface area contributed by atoms with Crippen molar-refractivity contribution in [3.63, 3.8) is 0 Å². The van der Waals surface area contributed by atoms with E-state index in [2.05, 4.69) is 15.5 Å². The number of hydrogen-bond acceptors (Lipinski definition) is 4. The van der Waals surface area contributed by atoms with Crippen LogP contribution in [-0.4, -0.2) is 66.9 Å².